The van der Waals surface area contributed by atoms with Gasteiger partial charge in [0.25, 0.3) is 0 Å². The van der Waals surface area contributed by atoms with E-state index in [0.29, 0.717) is 30.3 Å². The van der Waals surface area contributed by atoms with Crippen LogP contribution in [-0.2, 0) is 6.54 Å². The van der Waals surface area contributed by atoms with E-state index in [1.807, 2.05) is 0 Å². The third-order valence-corrected chi connectivity index (χ3v) is 3.08. The molecule has 1 fully saturated rings. The second-order valence-corrected chi connectivity index (χ2v) is 4.46. The maximum atomic E-state index is 11.7. The van der Waals surface area contributed by atoms with Gasteiger partial charge in [-0.05, 0) is 18.2 Å². The fourth-order valence-electron chi connectivity index (χ4n) is 2.07. The molecule has 0 spiro atoms. The van der Waals surface area contributed by atoms with Gasteiger partial charge in [-0.3, -0.25) is 0 Å². The second-order valence-electron chi connectivity index (χ2n) is 4.46. The lowest BCUT2D eigenvalue weighted by molar-refractivity contribution is 0.193. The maximum absolute atomic E-state index is 11.7. The van der Waals surface area contributed by atoms with Gasteiger partial charge in [0.15, 0.2) is 5.58 Å². The Hall–Kier alpha value is -2.24. The number of likely N-dealkylation sites (N-methyl/N-ethyl adjacent to an activating group) is 1. The van der Waals surface area contributed by atoms with Gasteiger partial charge in [0, 0.05) is 25.8 Å². The number of rotatable bonds is 2. The maximum Gasteiger partial charge on any atom is 0.320 e. The lowest BCUT2D eigenvalue weighted by Crippen LogP contribution is -2.29. The average molecular weight is 246 g/mol. The van der Waals surface area contributed by atoms with Crippen molar-refractivity contribution in [1.82, 2.24) is 14.8 Å². The van der Waals surface area contributed by atoms with E-state index in [1.54, 1.807) is 35.0 Å². The molecule has 18 heavy (non-hydrogen) atoms. The predicted molar refractivity (Wildman–Crippen MR) is 66.9 cm³/mol. The molecular weight excluding hydrogens is 232 g/mol. The number of benzene rings is 1. The van der Waals surface area contributed by atoms with Gasteiger partial charge < -0.3 is 20.0 Å². The lowest BCUT2D eigenvalue weighted by Gasteiger charge is -2.13. The number of urea groups is 1. The Morgan fingerprint density at radius 3 is 3.00 bits per heavy atom. The molecule has 2 amide bonds. The van der Waals surface area contributed by atoms with E-state index in [9.17, 15) is 4.79 Å². The van der Waals surface area contributed by atoms with Crippen molar-refractivity contribution < 1.29 is 9.21 Å². The molecule has 6 heteroatoms. The summed E-state index contributed by atoms with van der Waals surface area (Å²) < 4.78 is 5.59. The standard InChI is InChI=1S/C12H14N4O2/c1-15-4-5-16(12(15)17)7-11-14-9-6-8(13)2-3-10(9)18-11/h2-3,6H,4-5,7,13H2,1H3. The van der Waals surface area contributed by atoms with E-state index >= 15 is 0 Å². The van der Waals surface area contributed by atoms with Gasteiger partial charge in [-0.15, -0.1) is 0 Å². The molecule has 3 rings (SSSR count). The van der Waals surface area contributed by atoms with Gasteiger partial charge >= 0.3 is 6.03 Å². The molecule has 0 aliphatic carbocycles. The van der Waals surface area contributed by atoms with Gasteiger partial charge in [-0.1, -0.05) is 0 Å². The molecule has 1 aromatic heterocycles. The van der Waals surface area contributed by atoms with Crippen LogP contribution in [0.2, 0.25) is 0 Å². The number of nitrogen functional groups attached to an aromatic ring is 1. The van der Waals surface area contributed by atoms with E-state index in [1.165, 1.54) is 0 Å². The van der Waals surface area contributed by atoms with Crippen LogP contribution in [0.15, 0.2) is 22.6 Å². The topological polar surface area (TPSA) is 75.6 Å². The van der Waals surface area contributed by atoms with Crippen LogP contribution in [0.3, 0.4) is 0 Å². The van der Waals surface area contributed by atoms with E-state index < -0.39 is 0 Å². The highest BCUT2D eigenvalue weighted by Crippen LogP contribution is 2.20. The van der Waals surface area contributed by atoms with Crippen molar-refractivity contribution in [2.24, 2.45) is 0 Å². The van der Waals surface area contributed by atoms with E-state index in [0.717, 1.165) is 12.1 Å². The molecule has 94 valence electrons. The minimum absolute atomic E-state index is 0.0109. The molecule has 0 atom stereocenters. The highest BCUT2D eigenvalue weighted by Gasteiger charge is 2.26. The number of oxazole rings is 1. The van der Waals surface area contributed by atoms with E-state index in [4.69, 9.17) is 10.2 Å². The Morgan fingerprint density at radius 1 is 1.44 bits per heavy atom. The first-order valence-corrected chi connectivity index (χ1v) is 5.78. The summed E-state index contributed by atoms with van der Waals surface area (Å²) in [5.74, 6) is 0.541. The molecule has 2 aromatic rings. The number of nitrogens with two attached hydrogens (primary N) is 1. The first-order chi connectivity index (χ1) is 8.63. The summed E-state index contributed by atoms with van der Waals surface area (Å²) in [4.78, 5) is 19.5. The van der Waals surface area contributed by atoms with Crippen molar-refractivity contribution in [2.45, 2.75) is 6.54 Å². The highest BCUT2D eigenvalue weighted by molar-refractivity contribution is 5.77. The summed E-state index contributed by atoms with van der Waals surface area (Å²) in [5.41, 5.74) is 7.76. The van der Waals surface area contributed by atoms with Crippen LogP contribution in [0.5, 0.6) is 0 Å². The Labute approximate surface area is 104 Å². The van der Waals surface area contributed by atoms with Gasteiger partial charge in [0.1, 0.15) is 5.52 Å². The second kappa shape index (κ2) is 3.90. The molecule has 2 N–H and O–H groups in total. The summed E-state index contributed by atoms with van der Waals surface area (Å²) >= 11 is 0. The average Bonchev–Trinajstić information content (AvgIpc) is 2.86. The molecule has 1 aliphatic rings. The van der Waals surface area contributed by atoms with Gasteiger partial charge in [-0.2, -0.15) is 0 Å². The van der Waals surface area contributed by atoms with Crippen molar-refractivity contribution in [2.75, 3.05) is 25.9 Å². The molecule has 2 heterocycles. The Morgan fingerprint density at radius 2 is 2.28 bits per heavy atom. The van der Waals surface area contributed by atoms with Crippen LogP contribution >= 0.6 is 0 Å². The fraction of sp³-hybridized carbons (Fsp3) is 0.333. The largest absolute Gasteiger partial charge is 0.439 e. The minimum Gasteiger partial charge on any atom is -0.439 e. The summed E-state index contributed by atoms with van der Waals surface area (Å²) in [6, 6.07) is 5.34. The quantitative estimate of drug-likeness (QED) is 0.810. The van der Waals surface area contributed by atoms with Crippen molar-refractivity contribution in [3.8, 4) is 0 Å². The van der Waals surface area contributed by atoms with Crippen molar-refractivity contribution in [3.63, 3.8) is 0 Å². The Balaban J connectivity index is 1.85. The molecule has 0 saturated carbocycles. The zero-order chi connectivity index (χ0) is 12.7. The Bertz CT molecular complexity index is 607. The number of aromatic nitrogens is 1. The minimum atomic E-state index is 0.0109. The number of nitrogens with zero attached hydrogens (tertiary/aromatic N) is 3. The van der Waals surface area contributed by atoms with Gasteiger partial charge in [-0.25, -0.2) is 9.78 Å². The first kappa shape index (κ1) is 10.9. The van der Waals surface area contributed by atoms with Crippen molar-refractivity contribution >= 4 is 22.8 Å². The van der Waals surface area contributed by atoms with Crippen molar-refractivity contribution in [3.05, 3.63) is 24.1 Å². The molecule has 6 nitrogen and oxygen atoms in total. The predicted octanol–water partition coefficient (Wildman–Crippen LogP) is 1.28. The van der Waals surface area contributed by atoms with E-state index in [2.05, 4.69) is 4.98 Å². The smallest absolute Gasteiger partial charge is 0.320 e. The van der Waals surface area contributed by atoms with Gasteiger partial charge in [0.05, 0.1) is 6.54 Å². The number of hydrogen-bond acceptors (Lipinski definition) is 4. The lowest BCUT2D eigenvalue weighted by atomic mass is 10.3. The van der Waals surface area contributed by atoms with Crippen molar-refractivity contribution in [1.29, 1.82) is 0 Å². The number of hydrogen-bond donors (Lipinski definition) is 1. The zero-order valence-electron chi connectivity index (χ0n) is 10.1. The number of anilines is 1. The molecule has 0 bridgehead atoms. The molecule has 0 unspecified atom stereocenters. The first-order valence-electron chi connectivity index (χ1n) is 5.78. The van der Waals surface area contributed by atoms with E-state index in [-0.39, 0.29) is 6.03 Å². The number of carbonyl (C=O) groups is 1. The molecular formula is C12H14N4O2. The normalized spacial score (nSPS) is 15.9. The molecule has 1 aliphatic heterocycles. The van der Waals surface area contributed by atoms with Crippen LogP contribution in [0.25, 0.3) is 11.1 Å². The third kappa shape index (κ3) is 1.75. The summed E-state index contributed by atoms with van der Waals surface area (Å²) in [6.45, 7) is 1.85. The van der Waals surface area contributed by atoms with Crippen LogP contribution in [-0.4, -0.2) is 41.0 Å². The SMILES string of the molecule is CN1CCN(Cc2nc3cc(N)ccc3o2)C1=O. The molecule has 1 aromatic carbocycles. The Kier molecular flexibility index (Phi) is 2.36. The van der Waals surface area contributed by atoms with Crippen LogP contribution in [0.1, 0.15) is 5.89 Å². The van der Waals surface area contributed by atoms with Crippen LogP contribution in [0, 0.1) is 0 Å². The number of amides is 2. The summed E-state index contributed by atoms with van der Waals surface area (Å²) in [7, 11) is 1.79. The summed E-state index contributed by atoms with van der Waals surface area (Å²) in [5, 5.41) is 0. The zero-order valence-corrected chi connectivity index (χ0v) is 10.1. The number of carbonyl (C=O) groups excluding carboxylic acids is 1. The third-order valence-electron chi connectivity index (χ3n) is 3.08. The monoisotopic (exact) mass is 246 g/mol. The highest BCUT2D eigenvalue weighted by atomic mass is 16.3. The van der Waals surface area contributed by atoms with Gasteiger partial charge in [0.2, 0.25) is 5.89 Å². The van der Waals surface area contributed by atoms with Crippen LogP contribution < -0.4 is 5.73 Å². The summed E-state index contributed by atoms with van der Waals surface area (Å²) in [6.07, 6.45) is 0. The molecule has 1 saturated heterocycles. The van der Waals surface area contributed by atoms with Crippen LogP contribution in [0.4, 0.5) is 10.5 Å². The fourth-order valence-corrected chi connectivity index (χ4v) is 2.07. The molecule has 0 radical (unpaired) electrons. The number of fused-ring (bicyclic) bond motifs is 1.